The summed E-state index contributed by atoms with van der Waals surface area (Å²) in [5.74, 6) is -0.413. The first-order chi connectivity index (χ1) is 20.8. The molecule has 2 aliphatic heterocycles. The van der Waals surface area contributed by atoms with E-state index in [1.165, 1.54) is 16.2 Å². The lowest BCUT2D eigenvalue weighted by molar-refractivity contribution is -0.137. The molecule has 234 valence electrons. The number of anilines is 1. The SMILES string of the molecule is Cc1cccn2c(=O)c(/C=C3\SC(=S)N(CCCCCCCCCCC(=O)O)C3=O)c(NCCCN3CCOCC3)nc12. The molecule has 2 aliphatic rings. The van der Waals surface area contributed by atoms with Crippen LogP contribution < -0.4 is 10.9 Å². The van der Waals surface area contributed by atoms with Crippen LogP contribution in [0, 0.1) is 6.92 Å². The van der Waals surface area contributed by atoms with E-state index in [1.54, 1.807) is 17.2 Å². The van der Waals surface area contributed by atoms with Crippen molar-refractivity contribution in [3.8, 4) is 0 Å². The first-order valence-corrected chi connectivity index (χ1v) is 16.6. The highest BCUT2D eigenvalue weighted by atomic mass is 32.2. The summed E-state index contributed by atoms with van der Waals surface area (Å²) in [4.78, 5) is 46.9. The third-order valence-electron chi connectivity index (χ3n) is 7.80. The quantitative estimate of drug-likeness (QED) is 0.142. The van der Waals surface area contributed by atoms with Crippen molar-refractivity contribution >= 4 is 57.7 Å². The highest BCUT2D eigenvalue weighted by Gasteiger charge is 2.32. The fourth-order valence-corrected chi connectivity index (χ4v) is 6.63. The van der Waals surface area contributed by atoms with Crippen LogP contribution in [-0.4, -0.2) is 86.4 Å². The number of carboxylic acid groups (broad SMARTS) is 1. The number of carbonyl (C=O) groups excluding carboxylic acids is 1. The number of unbranched alkanes of at least 4 members (excludes halogenated alkanes) is 7. The van der Waals surface area contributed by atoms with E-state index >= 15 is 0 Å². The van der Waals surface area contributed by atoms with E-state index in [4.69, 9.17) is 27.0 Å². The van der Waals surface area contributed by atoms with Gasteiger partial charge in [-0.2, -0.15) is 0 Å². The highest BCUT2D eigenvalue weighted by Crippen LogP contribution is 2.33. The van der Waals surface area contributed by atoms with Gasteiger partial charge in [-0.3, -0.25) is 28.6 Å². The standard InChI is InChI=1S/C31H43N5O5S2/c1-23-12-10-17-35-28(23)33-27(32-14-11-15-34-18-20-41-21-19-34)24(29(35)39)22-25-30(40)36(31(42)43-25)16-9-7-5-3-2-4-6-8-13-26(37)38/h10,12,17,22,32H,2-9,11,13-16,18-21H2,1H3,(H,37,38)/b25-22-. The molecular formula is C31H43N5O5S2. The van der Waals surface area contributed by atoms with Gasteiger partial charge in [0.25, 0.3) is 11.5 Å². The van der Waals surface area contributed by atoms with Gasteiger partial charge in [0, 0.05) is 38.8 Å². The number of nitrogens with zero attached hydrogens (tertiary/aromatic N) is 4. The third kappa shape index (κ3) is 9.59. The van der Waals surface area contributed by atoms with Crippen molar-refractivity contribution in [2.45, 2.75) is 71.1 Å². The summed E-state index contributed by atoms with van der Waals surface area (Å²) in [5.41, 5.74) is 1.62. The minimum Gasteiger partial charge on any atom is -0.481 e. The average molecular weight is 630 g/mol. The van der Waals surface area contributed by atoms with Crippen molar-refractivity contribution in [2.24, 2.45) is 0 Å². The second-order valence-corrected chi connectivity index (χ2v) is 12.8. The largest absolute Gasteiger partial charge is 0.481 e. The van der Waals surface area contributed by atoms with Gasteiger partial charge in [0.15, 0.2) is 0 Å². The number of hydrogen-bond acceptors (Lipinski definition) is 9. The van der Waals surface area contributed by atoms with Gasteiger partial charge in [-0.1, -0.05) is 68.6 Å². The second-order valence-electron chi connectivity index (χ2n) is 11.1. The van der Waals surface area contributed by atoms with Crippen molar-refractivity contribution in [1.29, 1.82) is 0 Å². The van der Waals surface area contributed by atoms with Crippen LogP contribution in [0.15, 0.2) is 28.0 Å². The smallest absolute Gasteiger partial charge is 0.303 e. The number of ether oxygens (including phenoxy) is 1. The molecule has 0 spiro atoms. The molecule has 0 bridgehead atoms. The monoisotopic (exact) mass is 629 g/mol. The molecule has 43 heavy (non-hydrogen) atoms. The number of carboxylic acids is 1. The summed E-state index contributed by atoms with van der Waals surface area (Å²) < 4.78 is 7.48. The molecule has 1 amide bonds. The van der Waals surface area contributed by atoms with Crippen LogP contribution in [0.4, 0.5) is 5.82 Å². The fourth-order valence-electron chi connectivity index (χ4n) is 5.34. The molecule has 2 N–H and O–H groups in total. The number of hydrogen-bond donors (Lipinski definition) is 2. The lowest BCUT2D eigenvalue weighted by Crippen LogP contribution is -2.37. The molecule has 0 atom stereocenters. The molecule has 0 saturated carbocycles. The van der Waals surface area contributed by atoms with Gasteiger partial charge in [-0.05, 0) is 50.4 Å². The summed E-state index contributed by atoms with van der Waals surface area (Å²) in [6.07, 6.45) is 12.4. The first-order valence-electron chi connectivity index (χ1n) is 15.4. The Morgan fingerprint density at radius 2 is 1.77 bits per heavy atom. The predicted octanol–water partition coefficient (Wildman–Crippen LogP) is 4.93. The number of carbonyl (C=O) groups is 2. The van der Waals surface area contributed by atoms with E-state index < -0.39 is 5.97 Å². The number of rotatable bonds is 17. The molecule has 4 heterocycles. The lowest BCUT2D eigenvalue weighted by atomic mass is 10.1. The van der Waals surface area contributed by atoms with Crippen LogP contribution in [0.25, 0.3) is 11.7 Å². The van der Waals surface area contributed by atoms with Crippen LogP contribution in [0.2, 0.25) is 0 Å². The van der Waals surface area contributed by atoms with Gasteiger partial charge in [0.05, 0.1) is 23.7 Å². The predicted molar refractivity (Wildman–Crippen MR) is 176 cm³/mol. The molecule has 0 unspecified atom stereocenters. The summed E-state index contributed by atoms with van der Waals surface area (Å²) >= 11 is 6.79. The number of amides is 1. The van der Waals surface area contributed by atoms with E-state index in [0.29, 0.717) is 39.3 Å². The lowest BCUT2D eigenvalue weighted by Gasteiger charge is -2.26. The van der Waals surface area contributed by atoms with Crippen molar-refractivity contribution in [2.75, 3.05) is 51.3 Å². The zero-order valence-electron chi connectivity index (χ0n) is 25.0. The topological polar surface area (TPSA) is 116 Å². The van der Waals surface area contributed by atoms with Gasteiger partial charge >= 0.3 is 5.97 Å². The molecular weight excluding hydrogens is 587 g/mol. The number of pyridine rings is 1. The Labute approximate surface area is 262 Å². The Morgan fingerprint density at radius 3 is 2.49 bits per heavy atom. The Hall–Kier alpha value is -2.80. The molecule has 12 heteroatoms. The number of aryl methyl sites for hydroxylation is 1. The molecule has 4 rings (SSSR count). The van der Waals surface area contributed by atoms with E-state index in [1.807, 2.05) is 19.1 Å². The maximum atomic E-state index is 13.6. The number of aliphatic carboxylic acids is 1. The first kappa shape index (κ1) is 33.1. The van der Waals surface area contributed by atoms with Crippen molar-refractivity contribution in [1.82, 2.24) is 19.2 Å². The van der Waals surface area contributed by atoms with E-state index in [-0.39, 0.29) is 17.9 Å². The molecule has 0 radical (unpaired) electrons. The van der Waals surface area contributed by atoms with Crippen LogP contribution in [0.5, 0.6) is 0 Å². The zero-order chi connectivity index (χ0) is 30.6. The maximum absolute atomic E-state index is 13.6. The zero-order valence-corrected chi connectivity index (χ0v) is 26.6. The molecule has 2 saturated heterocycles. The third-order valence-corrected chi connectivity index (χ3v) is 9.18. The number of aromatic nitrogens is 2. The normalized spacial score (nSPS) is 17.0. The molecule has 0 aliphatic carbocycles. The van der Waals surface area contributed by atoms with Crippen molar-refractivity contribution in [3.05, 3.63) is 44.7 Å². The van der Waals surface area contributed by atoms with E-state index in [0.717, 1.165) is 96.2 Å². The Balaban J connectivity index is 1.36. The molecule has 2 aromatic heterocycles. The summed E-state index contributed by atoms with van der Waals surface area (Å²) in [5, 5.41) is 12.1. The van der Waals surface area contributed by atoms with Gasteiger partial charge in [0.2, 0.25) is 0 Å². The molecule has 10 nitrogen and oxygen atoms in total. The van der Waals surface area contributed by atoms with Gasteiger partial charge < -0.3 is 15.2 Å². The summed E-state index contributed by atoms with van der Waals surface area (Å²) in [6.45, 7) is 7.44. The van der Waals surface area contributed by atoms with Crippen molar-refractivity contribution in [3.63, 3.8) is 0 Å². The van der Waals surface area contributed by atoms with Crippen LogP contribution in [0.3, 0.4) is 0 Å². The Bertz CT molecular complexity index is 1370. The number of nitrogens with one attached hydrogen (secondary N) is 1. The molecule has 2 fully saturated rings. The average Bonchev–Trinajstić information content (AvgIpc) is 3.26. The van der Waals surface area contributed by atoms with E-state index in [2.05, 4.69) is 10.2 Å². The highest BCUT2D eigenvalue weighted by molar-refractivity contribution is 8.26. The van der Waals surface area contributed by atoms with Gasteiger partial charge in [-0.25, -0.2) is 4.98 Å². The Morgan fingerprint density at radius 1 is 1.07 bits per heavy atom. The maximum Gasteiger partial charge on any atom is 0.303 e. The fraction of sp³-hybridized carbons (Fsp3) is 0.581. The van der Waals surface area contributed by atoms with Crippen LogP contribution in [0.1, 0.15) is 75.3 Å². The number of fused-ring (bicyclic) bond motifs is 1. The van der Waals surface area contributed by atoms with Crippen LogP contribution in [-0.2, 0) is 14.3 Å². The van der Waals surface area contributed by atoms with Gasteiger partial charge in [0.1, 0.15) is 15.8 Å². The van der Waals surface area contributed by atoms with Crippen molar-refractivity contribution < 1.29 is 19.4 Å². The number of morpholine rings is 1. The minimum absolute atomic E-state index is 0.166. The summed E-state index contributed by atoms with van der Waals surface area (Å²) in [6, 6.07) is 3.75. The second kappa shape index (κ2) is 16.9. The number of thiocarbonyl (C=S) groups is 1. The number of thioether (sulfide) groups is 1. The molecule has 0 aromatic carbocycles. The van der Waals surface area contributed by atoms with Gasteiger partial charge in [-0.15, -0.1) is 0 Å². The van der Waals surface area contributed by atoms with Crippen LogP contribution >= 0.6 is 24.0 Å². The summed E-state index contributed by atoms with van der Waals surface area (Å²) in [7, 11) is 0. The molecule has 2 aromatic rings. The Kier molecular flexibility index (Phi) is 13.0. The minimum atomic E-state index is -0.728. The van der Waals surface area contributed by atoms with E-state index in [9.17, 15) is 14.4 Å².